The molecule has 0 fully saturated rings. The van der Waals surface area contributed by atoms with Gasteiger partial charge in [0.15, 0.2) is 5.15 Å². The summed E-state index contributed by atoms with van der Waals surface area (Å²) in [5.74, 6) is -0.0972. The lowest BCUT2D eigenvalue weighted by Crippen LogP contribution is -2.02. The lowest BCUT2D eigenvalue weighted by molar-refractivity contribution is -0.0501. The summed E-state index contributed by atoms with van der Waals surface area (Å²) in [6.07, 6.45) is 1.05. The fourth-order valence-electron chi connectivity index (χ4n) is 0.492. The predicted octanol–water partition coefficient (Wildman–Crippen LogP) is 1.73. The van der Waals surface area contributed by atoms with Crippen molar-refractivity contribution in [3.63, 3.8) is 0 Å². The van der Waals surface area contributed by atoms with E-state index in [9.17, 15) is 8.78 Å². The van der Waals surface area contributed by atoms with Gasteiger partial charge in [0.25, 0.3) is 0 Å². The molecule has 1 aromatic rings. The average Bonchev–Trinajstić information content (AvgIpc) is 1.85. The smallest absolute Gasteiger partial charge is 0.387 e. The molecule has 0 amide bonds. The number of hydrogen-bond acceptors (Lipinski definition) is 3. The van der Waals surface area contributed by atoms with E-state index in [0.717, 1.165) is 12.3 Å². The third-order valence-electron chi connectivity index (χ3n) is 0.825. The molecule has 0 aromatic carbocycles. The second kappa shape index (κ2) is 3.43. The van der Waals surface area contributed by atoms with Crippen molar-refractivity contribution in [2.75, 3.05) is 0 Å². The van der Waals surface area contributed by atoms with Crippen LogP contribution in [0.15, 0.2) is 12.3 Å². The van der Waals surface area contributed by atoms with E-state index in [0.29, 0.717) is 0 Å². The van der Waals surface area contributed by atoms with Crippen LogP contribution in [0, 0.1) is 0 Å². The van der Waals surface area contributed by atoms with Gasteiger partial charge < -0.3 is 4.74 Å². The van der Waals surface area contributed by atoms with Crippen LogP contribution < -0.4 is 4.74 Å². The molecule has 0 spiro atoms. The summed E-state index contributed by atoms with van der Waals surface area (Å²) in [5, 5.41) is 6.65. The number of ether oxygens (including phenoxy) is 1. The molecule has 0 unspecified atom stereocenters. The lowest BCUT2D eigenvalue weighted by Gasteiger charge is -2.01. The molecule has 0 saturated heterocycles. The Balaban J connectivity index is 2.71. The van der Waals surface area contributed by atoms with Crippen molar-refractivity contribution in [1.29, 1.82) is 0 Å². The van der Waals surface area contributed by atoms with E-state index in [1.165, 1.54) is 0 Å². The molecular formula is C5H3ClF2N2O. The first-order valence-corrected chi connectivity index (χ1v) is 2.99. The van der Waals surface area contributed by atoms with Crippen LogP contribution in [0.5, 0.6) is 5.75 Å². The standard InChI is InChI=1S/C5H3ClF2N2O/c6-4-1-3(2-9-10-4)11-5(7)8/h1-2,5H. The largest absolute Gasteiger partial charge is 0.433 e. The van der Waals surface area contributed by atoms with Crippen LogP contribution in [-0.2, 0) is 0 Å². The van der Waals surface area contributed by atoms with E-state index in [-0.39, 0.29) is 10.9 Å². The van der Waals surface area contributed by atoms with Gasteiger partial charge in [0.05, 0.1) is 6.20 Å². The third-order valence-corrected chi connectivity index (χ3v) is 1.01. The highest BCUT2D eigenvalue weighted by Crippen LogP contribution is 2.14. The second-order valence-electron chi connectivity index (χ2n) is 1.59. The summed E-state index contributed by atoms with van der Waals surface area (Å²) >= 11 is 5.33. The van der Waals surface area contributed by atoms with Crippen molar-refractivity contribution < 1.29 is 13.5 Å². The van der Waals surface area contributed by atoms with Crippen molar-refractivity contribution in [2.45, 2.75) is 6.61 Å². The minimum absolute atomic E-state index is 0.0168. The molecule has 1 aromatic heterocycles. The zero-order valence-electron chi connectivity index (χ0n) is 5.17. The summed E-state index contributed by atoms with van der Waals surface area (Å²) in [7, 11) is 0. The van der Waals surface area contributed by atoms with E-state index in [1.54, 1.807) is 0 Å². The lowest BCUT2D eigenvalue weighted by atomic mass is 10.5. The van der Waals surface area contributed by atoms with Crippen molar-refractivity contribution in [1.82, 2.24) is 10.2 Å². The summed E-state index contributed by atoms with van der Waals surface area (Å²) < 4.78 is 27.1. The molecule has 60 valence electrons. The molecule has 3 nitrogen and oxygen atoms in total. The highest BCUT2D eigenvalue weighted by molar-refractivity contribution is 6.29. The Morgan fingerprint density at radius 2 is 2.27 bits per heavy atom. The normalized spacial score (nSPS) is 10.2. The molecular weight excluding hydrogens is 178 g/mol. The van der Waals surface area contributed by atoms with Gasteiger partial charge in [0.1, 0.15) is 5.75 Å². The topological polar surface area (TPSA) is 35.0 Å². The van der Waals surface area contributed by atoms with E-state index in [2.05, 4.69) is 14.9 Å². The SMILES string of the molecule is FC(F)Oc1cnnc(Cl)c1. The highest BCUT2D eigenvalue weighted by Gasteiger charge is 2.04. The average molecular weight is 181 g/mol. The van der Waals surface area contributed by atoms with E-state index >= 15 is 0 Å². The highest BCUT2D eigenvalue weighted by atomic mass is 35.5. The Hall–Kier alpha value is -0.970. The van der Waals surface area contributed by atoms with Crippen LogP contribution >= 0.6 is 11.6 Å². The summed E-state index contributed by atoms with van der Waals surface area (Å²) in [6.45, 7) is -2.87. The van der Waals surface area contributed by atoms with E-state index in [1.807, 2.05) is 0 Å². The Bertz CT molecular complexity index is 246. The monoisotopic (exact) mass is 180 g/mol. The third kappa shape index (κ3) is 2.63. The van der Waals surface area contributed by atoms with Gasteiger partial charge in [-0.05, 0) is 0 Å². The number of halogens is 3. The molecule has 0 atom stereocenters. The number of alkyl halides is 2. The summed E-state index contributed by atoms with van der Waals surface area (Å²) in [6, 6.07) is 1.15. The Labute approximate surface area is 66.0 Å². The van der Waals surface area contributed by atoms with E-state index in [4.69, 9.17) is 11.6 Å². The van der Waals surface area contributed by atoms with Gasteiger partial charge in [-0.2, -0.15) is 13.9 Å². The molecule has 1 rings (SSSR count). The molecule has 0 aliphatic rings. The first-order valence-electron chi connectivity index (χ1n) is 2.61. The van der Waals surface area contributed by atoms with Crippen LogP contribution in [0.4, 0.5) is 8.78 Å². The quantitative estimate of drug-likeness (QED) is 0.695. The van der Waals surface area contributed by atoms with Crippen LogP contribution in [0.25, 0.3) is 0 Å². The number of rotatable bonds is 2. The zero-order chi connectivity index (χ0) is 8.27. The van der Waals surface area contributed by atoms with Crippen molar-refractivity contribution in [3.8, 4) is 5.75 Å². The predicted molar refractivity (Wildman–Crippen MR) is 33.7 cm³/mol. The Morgan fingerprint density at radius 1 is 1.55 bits per heavy atom. The van der Waals surface area contributed by atoms with Gasteiger partial charge in [0.2, 0.25) is 0 Å². The molecule has 0 saturated carbocycles. The maximum Gasteiger partial charge on any atom is 0.387 e. The minimum atomic E-state index is -2.87. The maximum absolute atomic E-state index is 11.5. The van der Waals surface area contributed by atoms with Gasteiger partial charge in [-0.15, -0.1) is 5.10 Å². The molecule has 1 heterocycles. The second-order valence-corrected chi connectivity index (χ2v) is 1.98. The first-order chi connectivity index (χ1) is 5.18. The molecule has 0 N–H and O–H groups in total. The van der Waals surface area contributed by atoms with Gasteiger partial charge >= 0.3 is 6.61 Å². The molecule has 0 radical (unpaired) electrons. The van der Waals surface area contributed by atoms with Gasteiger partial charge in [-0.25, -0.2) is 0 Å². The summed E-state index contributed by atoms with van der Waals surface area (Å²) in [4.78, 5) is 0. The fourth-order valence-corrected chi connectivity index (χ4v) is 0.643. The van der Waals surface area contributed by atoms with Crippen molar-refractivity contribution >= 4 is 11.6 Å². The molecule has 0 bridgehead atoms. The molecule has 6 heteroatoms. The van der Waals surface area contributed by atoms with Crippen LogP contribution in [-0.4, -0.2) is 16.8 Å². The van der Waals surface area contributed by atoms with Crippen LogP contribution in [0.3, 0.4) is 0 Å². The maximum atomic E-state index is 11.5. The molecule has 0 aliphatic carbocycles. The van der Waals surface area contributed by atoms with Crippen LogP contribution in [0.2, 0.25) is 5.15 Å². The fraction of sp³-hybridized carbons (Fsp3) is 0.200. The van der Waals surface area contributed by atoms with Crippen molar-refractivity contribution in [3.05, 3.63) is 17.4 Å². The minimum Gasteiger partial charge on any atom is -0.433 e. The Morgan fingerprint density at radius 3 is 2.82 bits per heavy atom. The van der Waals surface area contributed by atoms with Gasteiger partial charge in [-0.3, -0.25) is 0 Å². The van der Waals surface area contributed by atoms with Gasteiger partial charge in [0, 0.05) is 6.07 Å². The summed E-state index contributed by atoms with van der Waals surface area (Å²) in [5.41, 5.74) is 0. The molecule has 11 heavy (non-hydrogen) atoms. The van der Waals surface area contributed by atoms with E-state index < -0.39 is 6.61 Å². The zero-order valence-corrected chi connectivity index (χ0v) is 5.92. The number of hydrogen-bond donors (Lipinski definition) is 0. The van der Waals surface area contributed by atoms with Crippen molar-refractivity contribution in [2.24, 2.45) is 0 Å². The number of aromatic nitrogens is 2. The van der Waals surface area contributed by atoms with Gasteiger partial charge in [-0.1, -0.05) is 11.6 Å². The Kier molecular flexibility index (Phi) is 2.53. The van der Waals surface area contributed by atoms with Crippen LogP contribution in [0.1, 0.15) is 0 Å². The molecule has 0 aliphatic heterocycles. The number of nitrogens with zero attached hydrogens (tertiary/aromatic N) is 2. The first kappa shape index (κ1) is 8.13.